The van der Waals surface area contributed by atoms with Gasteiger partial charge in [-0.25, -0.2) is 0 Å². The predicted octanol–water partition coefficient (Wildman–Crippen LogP) is 3.08. The third kappa shape index (κ3) is 4.84. The fraction of sp³-hybridized carbons (Fsp3) is 0.462. The number of benzene rings is 1. The lowest BCUT2D eigenvalue weighted by atomic mass is 10.0. The van der Waals surface area contributed by atoms with Crippen LogP contribution < -0.4 is 5.32 Å². The molecule has 0 aromatic heterocycles. The molecule has 100 valence electrons. The summed E-state index contributed by atoms with van der Waals surface area (Å²) in [5, 5.41) is 4.16. The number of hydrogen-bond acceptors (Lipinski definition) is 3. The number of ether oxygens (including phenoxy) is 1. The minimum atomic E-state index is -0.197. The van der Waals surface area contributed by atoms with Gasteiger partial charge in [0.15, 0.2) is 0 Å². The van der Waals surface area contributed by atoms with E-state index in [2.05, 4.69) is 5.32 Å². The molecule has 0 aliphatic heterocycles. The molecule has 1 aromatic carbocycles. The fourth-order valence-corrected chi connectivity index (χ4v) is 1.97. The van der Waals surface area contributed by atoms with E-state index in [0.717, 1.165) is 5.56 Å². The van der Waals surface area contributed by atoms with Gasteiger partial charge < -0.3 is 10.1 Å². The smallest absolute Gasteiger partial charge is 0.307 e. The van der Waals surface area contributed by atoms with E-state index in [1.54, 1.807) is 13.0 Å². The Balaban J connectivity index is 2.62. The van der Waals surface area contributed by atoms with Crippen molar-refractivity contribution in [1.82, 2.24) is 5.32 Å². The number of rotatable bonds is 6. The molecule has 0 aliphatic rings. The lowest BCUT2D eigenvalue weighted by molar-refractivity contribution is -0.143. The number of carbonyl (C=O) groups is 1. The number of carbonyl (C=O) groups excluding carboxylic acids is 1. The highest BCUT2D eigenvalue weighted by Crippen LogP contribution is 2.23. The van der Waals surface area contributed by atoms with Crippen molar-refractivity contribution >= 4 is 29.2 Å². The van der Waals surface area contributed by atoms with E-state index < -0.39 is 0 Å². The first-order chi connectivity index (χ1) is 8.56. The van der Waals surface area contributed by atoms with E-state index in [-0.39, 0.29) is 12.0 Å². The zero-order chi connectivity index (χ0) is 13.5. The van der Waals surface area contributed by atoms with E-state index in [1.807, 2.05) is 19.2 Å². The molecule has 0 heterocycles. The summed E-state index contributed by atoms with van der Waals surface area (Å²) in [6.45, 7) is 2.20. The molecule has 1 rings (SSSR count). The van der Waals surface area contributed by atoms with Crippen LogP contribution in [0.15, 0.2) is 18.2 Å². The highest BCUT2D eigenvalue weighted by atomic mass is 35.5. The molecule has 0 aliphatic carbocycles. The molecule has 0 radical (unpaired) electrons. The topological polar surface area (TPSA) is 38.3 Å². The van der Waals surface area contributed by atoms with Crippen molar-refractivity contribution in [3.8, 4) is 0 Å². The summed E-state index contributed by atoms with van der Waals surface area (Å²) in [5.41, 5.74) is 1.04. The second kappa shape index (κ2) is 7.62. The summed E-state index contributed by atoms with van der Waals surface area (Å²) in [7, 11) is 1.82. The van der Waals surface area contributed by atoms with Crippen LogP contribution in [0.3, 0.4) is 0 Å². The molecule has 5 heteroatoms. The number of likely N-dealkylation sites (N-methyl/N-ethyl adjacent to an activating group) is 1. The molecule has 1 atom stereocenters. The van der Waals surface area contributed by atoms with Crippen molar-refractivity contribution < 1.29 is 9.53 Å². The normalized spacial score (nSPS) is 12.2. The van der Waals surface area contributed by atoms with Gasteiger partial charge in [0.2, 0.25) is 0 Å². The van der Waals surface area contributed by atoms with Gasteiger partial charge in [-0.15, -0.1) is 0 Å². The van der Waals surface area contributed by atoms with E-state index in [4.69, 9.17) is 27.9 Å². The fourth-order valence-electron chi connectivity index (χ4n) is 1.65. The number of halogens is 2. The summed E-state index contributed by atoms with van der Waals surface area (Å²) in [4.78, 5) is 11.4. The molecular weight excluding hydrogens is 273 g/mol. The molecule has 0 fully saturated rings. The Morgan fingerprint density at radius 3 is 2.67 bits per heavy atom. The first-order valence-electron chi connectivity index (χ1n) is 5.83. The van der Waals surface area contributed by atoms with Gasteiger partial charge in [0.25, 0.3) is 0 Å². The highest BCUT2D eigenvalue weighted by molar-refractivity contribution is 6.42. The molecule has 18 heavy (non-hydrogen) atoms. The molecule has 1 unspecified atom stereocenters. The van der Waals surface area contributed by atoms with Gasteiger partial charge in [0.1, 0.15) is 0 Å². The number of hydrogen-bond donors (Lipinski definition) is 1. The Morgan fingerprint density at radius 1 is 1.39 bits per heavy atom. The summed E-state index contributed by atoms with van der Waals surface area (Å²) in [6.07, 6.45) is 1.04. The van der Waals surface area contributed by atoms with Crippen LogP contribution in [-0.2, 0) is 16.0 Å². The van der Waals surface area contributed by atoms with Crippen molar-refractivity contribution in [2.75, 3.05) is 13.7 Å². The van der Waals surface area contributed by atoms with Crippen LogP contribution in [0.25, 0.3) is 0 Å². The van der Waals surface area contributed by atoms with Gasteiger partial charge in [0.05, 0.1) is 23.1 Å². The van der Waals surface area contributed by atoms with Gasteiger partial charge in [-0.1, -0.05) is 29.3 Å². The van der Waals surface area contributed by atoms with Gasteiger partial charge in [-0.2, -0.15) is 0 Å². The maximum atomic E-state index is 11.4. The van der Waals surface area contributed by atoms with Crippen molar-refractivity contribution in [2.24, 2.45) is 0 Å². The number of esters is 1. The van der Waals surface area contributed by atoms with E-state index in [0.29, 0.717) is 29.5 Å². The summed E-state index contributed by atoms with van der Waals surface area (Å²) in [6, 6.07) is 5.51. The molecule has 1 N–H and O–H groups in total. The average molecular weight is 290 g/mol. The minimum absolute atomic E-state index is 0.0290. The van der Waals surface area contributed by atoms with Crippen LogP contribution >= 0.6 is 23.2 Å². The Labute approximate surface area is 117 Å². The number of nitrogens with one attached hydrogen (secondary N) is 1. The maximum absolute atomic E-state index is 11.4. The van der Waals surface area contributed by atoms with Crippen molar-refractivity contribution in [1.29, 1.82) is 0 Å². The minimum Gasteiger partial charge on any atom is -0.466 e. The second-order valence-electron chi connectivity index (χ2n) is 3.95. The molecule has 3 nitrogen and oxygen atoms in total. The van der Waals surface area contributed by atoms with Crippen LogP contribution in [-0.4, -0.2) is 25.7 Å². The van der Waals surface area contributed by atoms with Crippen molar-refractivity contribution in [2.45, 2.75) is 25.8 Å². The molecule has 0 saturated heterocycles. The van der Waals surface area contributed by atoms with E-state index in [1.165, 1.54) is 0 Å². The second-order valence-corrected chi connectivity index (χ2v) is 4.76. The maximum Gasteiger partial charge on any atom is 0.307 e. The van der Waals surface area contributed by atoms with Crippen LogP contribution in [0.4, 0.5) is 0 Å². The monoisotopic (exact) mass is 289 g/mol. The van der Waals surface area contributed by atoms with Crippen LogP contribution in [0.1, 0.15) is 18.9 Å². The molecule has 0 saturated carbocycles. The van der Waals surface area contributed by atoms with Crippen molar-refractivity contribution in [3.63, 3.8) is 0 Å². The summed E-state index contributed by atoms with van der Waals surface area (Å²) >= 11 is 11.8. The molecule has 1 aromatic rings. The van der Waals surface area contributed by atoms with Crippen LogP contribution in [0.2, 0.25) is 10.0 Å². The van der Waals surface area contributed by atoms with Crippen LogP contribution in [0, 0.1) is 0 Å². The lowest BCUT2D eigenvalue weighted by Gasteiger charge is -2.15. The predicted molar refractivity (Wildman–Crippen MR) is 74.3 cm³/mol. The first kappa shape index (κ1) is 15.3. The third-order valence-corrected chi connectivity index (χ3v) is 3.33. The van der Waals surface area contributed by atoms with Crippen LogP contribution in [0.5, 0.6) is 0 Å². The first-order valence-corrected chi connectivity index (χ1v) is 6.59. The highest BCUT2D eigenvalue weighted by Gasteiger charge is 2.14. The Kier molecular flexibility index (Phi) is 6.47. The van der Waals surface area contributed by atoms with Gasteiger partial charge in [-0.05, 0) is 38.1 Å². The quantitative estimate of drug-likeness (QED) is 0.818. The average Bonchev–Trinajstić information content (AvgIpc) is 2.33. The van der Waals surface area contributed by atoms with Crippen molar-refractivity contribution in [3.05, 3.63) is 33.8 Å². The van der Waals surface area contributed by atoms with Gasteiger partial charge in [-0.3, -0.25) is 4.79 Å². The molecule has 0 amide bonds. The van der Waals surface area contributed by atoms with E-state index >= 15 is 0 Å². The lowest BCUT2D eigenvalue weighted by Crippen LogP contribution is -2.31. The largest absolute Gasteiger partial charge is 0.466 e. The SMILES string of the molecule is CCOC(=O)CC(Cc1ccc(Cl)c(Cl)c1)NC. The standard InChI is InChI=1S/C13H17Cl2NO2/c1-3-18-13(17)8-10(16-2)6-9-4-5-11(14)12(15)7-9/h4-5,7,10,16H,3,6,8H2,1-2H3. The van der Waals surface area contributed by atoms with Gasteiger partial charge >= 0.3 is 5.97 Å². The molecule has 0 spiro atoms. The zero-order valence-electron chi connectivity index (χ0n) is 10.5. The Bertz CT molecular complexity index is 410. The Morgan fingerprint density at radius 2 is 2.11 bits per heavy atom. The zero-order valence-corrected chi connectivity index (χ0v) is 12.0. The molecule has 0 bridgehead atoms. The summed E-state index contributed by atoms with van der Waals surface area (Å²) in [5.74, 6) is -0.197. The van der Waals surface area contributed by atoms with Gasteiger partial charge in [0, 0.05) is 6.04 Å². The third-order valence-electron chi connectivity index (χ3n) is 2.59. The summed E-state index contributed by atoms with van der Waals surface area (Å²) < 4.78 is 4.93. The molecular formula is C13H17Cl2NO2. The van der Waals surface area contributed by atoms with E-state index in [9.17, 15) is 4.79 Å². The Hall–Kier alpha value is -0.770.